The second-order valence-corrected chi connectivity index (χ2v) is 10.1. The molecular weight excluding hydrogens is 461 g/mol. The van der Waals surface area contributed by atoms with E-state index in [4.69, 9.17) is 0 Å². The third-order valence-corrected chi connectivity index (χ3v) is 7.22. The Bertz CT molecular complexity index is 1090. The minimum absolute atomic E-state index is 0.00706. The van der Waals surface area contributed by atoms with E-state index in [-0.39, 0.29) is 24.2 Å². The minimum atomic E-state index is -0.304. The normalized spacial score (nSPS) is 13.7. The predicted molar refractivity (Wildman–Crippen MR) is 138 cm³/mol. The number of thiophene rings is 1. The summed E-state index contributed by atoms with van der Waals surface area (Å²) in [6, 6.07) is 17.7. The lowest BCUT2D eigenvalue weighted by atomic mass is 10.1. The van der Waals surface area contributed by atoms with E-state index in [1.807, 2.05) is 48.7 Å². The maximum absolute atomic E-state index is 13.6. The molecule has 1 saturated heterocycles. The van der Waals surface area contributed by atoms with Crippen LogP contribution in [0, 0.1) is 12.7 Å². The van der Waals surface area contributed by atoms with E-state index < -0.39 is 0 Å². The van der Waals surface area contributed by atoms with Gasteiger partial charge in [-0.15, -0.1) is 11.3 Å². The lowest BCUT2D eigenvalue weighted by molar-refractivity contribution is -0.133. The first-order chi connectivity index (χ1) is 17.0. The maximum atomic E-state index is 13.6. The van der Waals surface area contributed by atoms with E-state index in [2.05, 4.69) is 4.90 Å². The fraction of sp³-hybridized carbons (Fsp3) is 0.357. The van der Waals surface area contributed by atoms with Gasteiger partial charge < -0.3 is 14.7 Å². The molecule has 3 aromatic rings. The third kappa shape index (κ3) is 7.23. The summed E-state index contributed by atoms with van der Waals surface area (Å²) >= 11 is 1.59. The van der Waals surface area contributed by atoms with Gasteiger partial charge in [-0.1, -0.05) is 35.9 Å². The highest BCUT2D eigenvalue weighted by Gasteiger charge is 2.24. The summed E-state index contributed by atoms with van der Waals surface area (Å²) in [4.78, 5) is 33.9. The molecular formula is C28H32FN3O2S. The molecule has 1 fully saturated rings. The summed E-state index contributed by atoms with van der Waals surface area (Å²) < 4.78 is 13.4. The number of hydrogen-bond donors (Lipinski definition) is 0. The molecule has 5 nitrogen and oxygen atoms in total. The van der Waals surface area contributed by atoms with Crippen LogP contribution in [0.5, 0.6) is 0 Å². The second-order valence-electron chi connectivity index (χ2n) is 9.10. The van der Waals surface area contributed by atoms with Crippen LogP contribution in [0.3, 0.4) is 0 Å². The van der Waals surface area contributed by atoms with Crippen molar-refractivity contribution in [2.24, 2.45) is 0 Å². The standard InChI is InChI=1S/C28H32FN3O2S/c1-22-6-10-24(11-7-22)28(34)31(17-16-30-14-2-3-15-30)21-27(33)32(20-26-5-4-18-35-26)19-23-8-12-25(29)13-9-23/h4-13,18H,2-3,14-17,19-21H2,1H3. The van der Waals surface area contributed by atoms with Gasteiger partial charge in [0.2, 0.25) is 5.91 Å². The highest BCUT2D eigenvalue weighted by Crippen LogP contribution is 2.17. The largest absolute Gasteiger partial charge is 0.332 e. The molecule has 0 spiro atoms. The summed E-state index contributed by atoms with van der Waals surface area (Å²) in [7, 11) is 0. The van der Waals surface area contributed by atoms with Crippen molar-refractivity contribution in [1.82, 2.24) is 14.7 Å². The molecule has 2 amide bonds. The second kappa shape index (κ2) is 12.1. The summed E-state index contributed by atoms with van der Waals surface area (Å²) in [5.74, 6) is -0.554. The summed E-state index contributed by atoms with van der Waals surface area (Å²) in [5, 5.41) is 1.99. The Morgan fingerprint density at radius 2 is 1.66 bits per heavy atom. The molecule has 1 aliphatic heterocycles. The lowest BCUT2D eigenvalue weighted by Crippen LogP contribution is -2.45. The van der Waals surface area contributed by atoms with E-state index in [9.17, 15) is 14.0 Å². The van der Waals surface area contributed by atoms with E-state index in [1.165, 1.54) is 25.0 Å². The zero-order chi connectivity index (χ0) is 24.6. The number of nitrogens with zero attached hydrogens (tertiary/aromatic N) is 3. The number of amides is 2. The van der Waals surface area contributed by atoms with Crippen molar-refractivity contribution in [1.29, 1.82) is 0 Å². The Morgan fingerprint density at radius 1 is 0.943 bits per heavy atom. The van der Waals surface area contributed by atoms with E-state index in [0.29, 0.717) is 25.2 Å². The van der Waals surface area contributed by atoms with Crippen LogP contribution < -0.4 is 0 Å². The first kappa shape index (κ1) is 25.1. The third-order valence-electron chi connectivity index (χ3n) is 6.36. The monoisotopic (exact) mass is 493 g/mol. The Labute approximate surface area is 210 Å². The van der Waals surface area contributed by atoms with Gasteiger partial charge in [-0.05, 0) is 74.1 Å². The number of hydrogen-bond acceptors (Lipinski definition) is 4. The Morgan fingerprint density at radius 3 is 2.31 bits per heavy atom. The molecule has 0 bridgehead atoms. The molecule has 184 valence electrons. The number of carbonyl (C=O) groups excluding carboxylic acids is 2. The number of rotatable bonds is 10. The fourth-order valence-electron chi connectivity index (χ4n) is 4.30. The summed E-state index contributed by atoms with van der Waals surface area (Å²) in [5.41, 5.74) is 2.53. The SMILES string of the molecule is Cc1ccc(C(=O)N(CCN2CCCC2)CC(=O)N(Cc2ccc(F)cc2)Cc2cccs2)cc1. The quantitative estimate of drug-likeness (QED) is 0.401. The molecule has 0 N–H and O–H groups in total. The van der Waals surface area contributed by atoms with E-state index >= 15 is 0 Å². The first-order valence-electron chi connectivity index (χ1n) is 12.1. The summed E-state index contributed by atoms with van der Waals surface area (Å²) in [6.45, 7) is 6.14. The van der Waals surface area contributed by atoms with Crippen molar-refractivity contribution in [3.63, 3.8) is 0 Å². The molecule has 0 saturated carbocycles. The number of halogens is 1. The van der Waals surface area contributed by atoms with Gasteiger partial charge in [-0.3, -0.25) is 9.59 Å². The van der Waals surface area contributed by atoms with Crippen LogP contribution in [0.1, 0.15) is 39.2 Å². The Balaban J connectivity index is 1.51. The molecule has 7 heteroatoms. The molecule has 0 aliphatic carbocycles. The van der Waals surface area contributed by atoms with Gasteiger partial charge in [0.05, 0.1) is 6.54 Å². The number of likely N-dealkylation sites (tertiary alicyclic amines) is 1. The maximum Gasteiger partial charge on any atom is 0.254 e. The molecule has 0 atom stereocenters. The van der Waals surface area contributed by atoms with Crippen LogP contribution in [0.4, 0.5) is 4.39 Å². The minimum Gasteiger partial charge on any atom is -0.332 e. The number of aryl methyl sites for hydroxylation is 1. The van der Waals surface area contributed by atoms with E-state index in [0.717, 1.165) is 35.6 Å². The molecule has 1 aliphatic rings. The van der Waals surface area contributed by atoms with Crippen LogP contribution in [0.2, 0.25) is 0 Å². The average Bonchev–Trinajstić information content (AvgIpc) is 3.57. The predicted octanol–water partition coefficient (Wildman–Crippen LogP) is 4.96. The first-order valence-corrected chi connectivity index (χ1v) is 13.0. The Hall–Kier alpha value is -3.03. The smallest absolute Gasteiger partial charge is 0.254 e. The molecule has 2 aromatic carbocycles. The molecule has 35 heavy (non-hydrogen) atoms. The number of benzene rings is 2. The van der Waals surface area contributed by atoms with Crippen LogP contribution in [-0.2, 0) is 17.9 Å². The van der Waals surface area contributed by atoms with Gasteiger partial charge in [0.15, 0.2) is 0 Å². The zero-order valence-electron chi connectivity index (χ0n) is 20.2. The van der Waals surface area contributed by atoms with Gasteiger partial charge in [0.1, 0.15) is 12.4 Å². The molecule has 0 unspecified atom stereocenters. The van der Waals surface area contributed by atoms with Gasteiger partial charge >= 0.3 is 0 Å². The van der Waals surface area contributed by atoms with Crippen LogP contribution in [0.15, 0.2) is 66.0 Å². The van der Waals surface area contributed by atoms with Crippen molar-refractivity contribution < 1.29 is 14.0 Å². The van der Waals surface area contributed by atoms with Crippen molar-refractivity contribution in [2.45, 2.75) is 32.9 Å². The molecule has 4 rings (SSSR count). The average molecular weight is 494 g/mol. The van der Waals surface area contributed by atoms with Crippen LogP contribution >= 0.6 is 11.3 Å². The zero-order valence-corrected chi connectivity index (χ0v) is 21.0. The highest BCUT2D eigenvalue weighted by molar-refractivity contribution is 7.09. The Kier molecular flexibility index (Phi) is 8.66. The molecule has 1 aromatic heterocycles. The van der Waals surface area contributed by atoms with Gasteiger partial charge in [-0.25, -0.2) is 4.39 Å². The summed E-state index contributed by atoms with van der Waals surface area (Å²) in [6.07, 6.45) is 2.36. The van der Waals surface area contributed by atoms with Crippen molar-refractivity contribution >= 4 is 23.2 Å². The highest BCUT2D eigenvalue weighted by atomic mass is 32.1. The van der Waals surface area contributed by atoms with Gasteiger partial charge in [0, 0.05) is 30.1 Å². The number of carbonyl (C=O) groups is 2. The molecule has 0 radical (unpaired) electrons. The van der Waals surface area contributed by atoms with Gasteiger partial charge in [-0.2, -0.15) is 0 Å². The van der Waals surface area contributed by atoms with Crippen LogP contribution in [0.25, 0.3) is 0 Å². The van der Waals surface area contributed by atoms with E-state index in [1.54, 1.807) is 33.3 Å². The van der Waals surface area contributed by atoms with Crippen molar-refractivity contribution in [2.75, 3.05) is 32.7 Å². The topological polar surface area (TPSA) is 43.9 Å². The van der Waals surface area contributed by atoms with Crippen molar-refractivity contribution in [3.8, 4) is 0 Å². The lowest BCUT2D eigenvalue weighted by Gasteiger charge is -2.29. The van der Waals surface area contributed by atoms with Crippen LogP contribution in [-0.4, -0.2) is 59.2 Å². The van der Waals surface area contributed by atoms with Gasteiger partial charge in [0.25, 0.3) is 5.91 Å². The van der Waals surface area contributed by atoms with Crippen molar-refractivity contribution in [3.05, 3.63) is 93.4 Å². The molecule has 2 heterocycles. The fourth-order valence-corrected chi connectivity index (χ4v) is 5.02.